The number of rotatable bonds is 8. The summed E-state index contributed by atoms with van der Waals surface area (Å²) in [7, 11) is 0.668. The molecule has 0 heterocycles. The second kappa shape index (κ2) is 8.94. The van der Waals surface area contributed by atoms with Crippen LogP contribution in [-0.2, 0) is 10.0 Å². The number of amides is 1. The van der Waals surface area contributed by atoms with Gasteiger partial charge in [0.1, 0.15) is 17.2 Å². The molecule has 0 aliphatic carbocycles. The van der Waals surface area contributed by atoms with Crippen LogP contribution < -0.4 is 24.2 Å². The average molecular weight is 408 g/mol. The zero-order valence-electron chi connectivity index (χ0n) is 16.4. The van der Waals surface area contributed by atoms with E-state index >= 15 is 0 Å². The van der Waals surface area contributed by atoms with Gasteiger partial charge in [0.15, 0.2) is 0 Å². The molecule has 0 aliphatic heterocycles. The van der Waals surface area contributed by atoms with Crippen LogP contribution in [0, 0.1) is 0 Å². The van der Waals surface area contributed by atoms with Crippen LogP contribution in [0.25, 0.3) is 0 Å². The highest BCUT2D eigenvalue weighted by molar-refractivity contribution is 7.89. The Kier molecular flexibility index (Phi) is 6.87. The van der Waals surface area contributed by atoms with Crippen molar-refractivity contribution >= 4 is 21.6 Å². The third-order valence-electron chi connectivity index (χ3n) is 3.73. The summed E-state index contributed by atoms with van der Waals surface area (Å²) in [5.41, 5.74) is 0.507. The maximum Gasteiger partial charge on any atom is 0.256 e. The Balaban J connectivity index is 2.39. The molecule has 28 heavy (non-hydrogen) atoms. The number of nitrogens with one attached hydrogen (secondary N) is 2. The van der Waals surface area contributed by atoms with E-state index < -0.39 is 15.9 Å². The fourth-order valence-electron chi connectivity index (χ4n) is 2.46. The molecule has 2 aromatic rings. The Labute approximate surface area is 164 Å². The van der Waals surface area contributed by atoms with Crippen molar-refractivity contribution in [1.82, 2.24) is 4.72 Å². The van der Waals surface area contributed by atoms with Crippen molar-refractivity contribution in [2.24, 2.45) is 0 Å². The molecule has 0 atom stereocenters. The summed E-state index contributed by atoms with van der Waals surface area (Å²) in [5.74, 6) is 0.761. The van der Waals surface area contributed by atoms with Crippen molar-refractivity contribution < 1.29 is 27.4 Å². The first-order chi connectivity index (χ1) is 13.2. The first-order valence-electron chi connectivity index (χ1n) is 8.45. The Hall–Kier alpha value is -2.78. The van der Waals surface area contributed by atoms with Crippen LogP contribution in [0.15, 0.2) is 41.3 Å². The van der Waals surface area contributed by atoms with Crippen LogP contribution in [0.2, 0.25) is 0 Å². The third-order valence-corrected chi connectivity index (χ3v) is 5.39. The summed E-state index contributed by atoms with van der Waals surface area (Å²) in [6.45, 7) is 3.44. The minimum atomic E-state index is -3.73. The van der Waals surface area contributed by atoms with E-state index in [1.54, 1.807) is 32.0 Å². The monoisotopic (exact) mass is 408 g/mol. The minimum Gasteiger partial charge on any atom is -0.497 e. The van der Waals surface area contributed by atoms with Gasteiger partial charge in [0.25, 0.3) is 5.91 Å². The van der Waals surface area contributed by atoms with Crippen LogP contribution in [-0.4, -0.2) is 41.7 Å². The Bertz CT molecular complexity index is 935. The van der Waals surface area contributed by atoms with E-state index in [9.17, 15) is 13.2 Å². The number of ether oxygens (including phenoxy) is 3. The van der Waals surface area contributed by atoms with Gasteiger partial charge in [0.2, 0.25) is 10.0 Å². The van der Waals surface area contributed by atoms with Crippen molar-refractivity contribution in [2.45, 2.75) is 24.8 Å². The molecular formula is C19H24N2O6S. The minimum absolute atomic E-state index is 0.0144. The predicted octanol–water partition coefficient (Wildman–Crippen LogP) is 2.65. The first kappa shape index (κ1) is 21.5. The maximum atomic E-state index is 12.7. The van der Waals surface area contributed by atoms with E-state index in [1.807, 2.05) is 0 Å². The molecule has 0 fully saturated rings. The van der Waals surface area contributed by atoms with E-state index in [2.05, 4.69) is 10.0 Å². The van der Waals surface area contributed by atoms with Crippen molar-refractivity contribution in [2.75, 3.05) is 26.6 Å². The highest BCUT2D eigenvalue weighted by atomic mass is 32.2. The molecule has 1 amide bonds. The molecule has 2 N–H and O–H groups in total. The molecule has 0 saturated heterocycles. The zero-order chi connectivity index (χ0) is 20.9. The lowest BCUT2D eigenvalue weighted by Crippen LogP contribution is -2.30. The first-order valence-corrected chi connectivity index (χ1v) is 9.93. The molecule has 8 nitrogen and oxygen atoms in total. The van der Waals surface area contributed by atoms with Crippen molar-refractivity contribution in [3.05, 3.63) is 42.0 Å². The molecule has 0 spiro atoms. The number of hydrogen-bond donors (Lipinski definition) is 2. The molecule has 0 aliphatic rings. The van der Waals surface area contributed by atoms with Gasteiger partial charge >= 0.3 is 0 Å². The van der Waals surface area contributed by atoms with Gasteiger partial charge < -0.3 is 19.5 Å². The lowest BCUT2D eigenvalue weighted by Gasteiger charge is -2.14. The highest BCUT2D eigenvalue weighted by Crippen LogP contribution is 2.29. The van der Waals surface area contributed by atoms with E-state index in [-0.39, 0.29) is 22.2 Å². The van der Waals surface area contributed by atoms with Crippen LogP contribution >= 0.6 is 0 Å². The molecular weight excluding hydrogens is 384 g/mol. The largest absolute Gasteiger partial charge is 0.497 e. The summed E-state index contributed by atoms with van der Waals surface area (Å²) in [5, 5.41) is 2.68. The summed E-state index contributed by atoms with van der Waals surface area (Å²) in [4.78, 5) is 12.7. The zero-order valence-corrected chi connectivity index (χ0v) is 17.2. The van der Waals surface area contributed by atoms with Crippen molar-refractivity contribution in [1.29, 1.82) is 0 Å². The van der Waals surface area contributed by atoms with Crippen molar-refractivity contribution in [3.63, 3.8) is 0 Å². The van der Waals surface area contributed by atoms with Crippen LogP contribution in [0.5, 0.6) is 17.2 Å². The van der Waals surface area contributed by atoms with Gasteiger partial charge in [0.05, 0.1) is 31.9 Å². The van der Waals surface area contributed by atoms with Gasteiger partial charge in [-0.2, -0.15) is 0 Å². The Morgan fingerprint density at radius 3 is 2.04 bits per heavy atom. The number of benzene rings is 2. The van der Waals surface area contributed by atoms with Gasteiger partial charge in [-0.05, 0) is 44.2 Å². The fourth-order valence-corrected chi connectivity index (χ4v) is 3.74. The lowest BCUT2D eigenvalue weighted by molar-refractivity contribution is 0.102. The molecule has 2 rings (SSSR count). The molecule has 152 valence electrons. The van der Waals surface area contributed by atoms with Crippen LogP contribution in [0.1, 0.15) is 24.2 Å². The van der Waals surface area contributed by atoms with Crippen LogP contribution in [0.4, 0.5) is 5.69 Å². The number of sulfonamides is 1. The van der Waals surface area contributed by atoms with E-state index in [0.29, 0.717) is 17.2 Å². The number of anilines is 1. The van der Waals surface area contributed by atoms with Crippen LogP contribution in [0.3, 0.4) is 0 Å². The summed E-state index contributed by atoms with van der Waals surface area (Å²) < 4.78 is 42.9. The van der Waals surface area contributed by atoms with Gasteiger partial charge in [-0.25, -0.2) is 13.1 Å². The summed E-state index contributed by atoms with van der Waals surface area (Å²) >= 11 is 0. The number of hydrogen-bond acceptors (Lipinski definition) is 6. The predicted molar refractivity (Wildman–Crippen MR) is 106 cm³/mol. The smallest absolute Gasteiger partial charge is 0.256 e. The molecule has 9 heteroatoms. The standard InChI is InChI=1S/C19H24N2O6S/c1-12(2)21-28(23,24)16-6-7-18(27-5)17(11-16)20-19(22)13-8-14(25-3)10-15(9-13)26-4/h6-12,21H,1-5H3,(H,20,22). The van der Waals surface area contributed by atoms with E-state index in [1.165, 1.54) is 39.5 Å². The number of methoxy groups -OCH3 is 3. The quantitative estimate of drug-likeness (QED) is 0.696. The van der Waals surface area contributed by atoms with E-state index in [4.69, 9.17) is 14.2 Å². The second-order valence-electron chi connectivity index (χ2n) is 6.19. The Morgan fingerprint density at radius 1 is 0.929 bits per heavy atom. The van der Waals surface area contributed by atoms with Crippen molar-refractivity contribution in [3.8, 4) is 17.2 Å². The van der Waals surface area contributed by atoms with E-state index in [0.717, 1.165) is 0 Å². The highest BCUT2D eigenvalue weighted by Gasteiger charge is 2.19. The molecule has 0 radical (unpaired) electrons. The Morgan fingerprint density at radius 2 is 1.54 bits per heavy atom. The molecule has 0 aromatic heterocycles. The number of carbonyl (C=O) groups excluding carboxylic acids is 1. The van der Waals surface area contributed by atoms with Gasteiger partial charge in [-0.15, -0.1) is 0 Å². The molecule has 0 saturated carbocycles. The molecule has 0 unspecified atom stereocenters. The topological polar surface area (TPSA) is 103 Å². The number of carbonyl (C=O) groups is 1. The van der Waals surface area contributed by atoms with Gasteiger partial charge in [0, 0.05) is 17.7 Å². The summed E-state index contributed by atoms with van der Waals surface area (Å²) in [6, 6.07) is 8.71. The lowest BCUT2D eigenvalue weighted by atomic mass is 10.1. The van der Waals surface area contributed by atoms with Gasteiger partial charge in [-0.1, -0.05) is 0 Å². The maximum absolute atomic E-state index is 12.7. The third kappa shape index (κ3) is 5.14. The van der Waals surface area contributed by atoms with Gasteiger partial charge in [-0.3, -0.25) is 4.79 Å². The SMILES string of the molecule is COc1cc(OC)cc(C(=O)Nc2cc(S(=O)(=O)NC(C)C)ccc2OC)c1. The molecule has 2 aromatic carbocycles. The normalized spacial score (nSPS) is 11.2. The average Bonchev–Trinajstić information content (AvgIpc) is 2.66. The summed E-state index contributed by atoms with van der Waals surface area (Å²) in [6.07, 6.45) is 0. The molecule has 0 bridgehead atoms. The second-order valence-corrected chi connectivity index (χ2v) is 7.91. The fraction of sp³-hybridized carbons (Fsp3) is 0.316.